The Labute approximate surface area is 119 Å². The maximum Gasteiger partial charge on any atom is 0.242 e. The van der Waals surface area contributed by atoms with E-state index in [1.807, 2.05) is 6.07 Å². The van der Waals surface area contributed by atoms with E-state index in [9.17, 15) is 4.79 Å². The van der Waals surface area contributed by atoms with Gasteiger partial charge in [-0.1, -0.05) is 0 Å². The van der Waals surface area contributed by atoms with Crippen molar-refractivity contribution < 1.29 is 19.0 Å². The Morgan fingerprint density at radius 1 is 1.20 bits per heavy atom. The van der Waals surface area contributed by atoms with E-state index in [0.717, 1.165) is 5.69 Å². The van der Waals surface area contributed by atoms with E-state index in [2.05, 4.69) is 10.6 Å². The summed E-state index contributed by atoms with van der Waals surface area (Å²) in [4.78, 5) is 11.8. The Bertz CT molecular complexity index is 437. The van der Waals surface area contributed by atoms with Crippen molar-refractivity contribution in [2.24, 2.45) is 0 Å². The Hall–Kier alpha value is -1.95. The number of anilines is 1. The summed E-state index contributed by atoms with van der Waals surface area (Å²) < 4.78 is 15.3. The Morgan fingerprint density at radius 2 is 1.90 bits per heavy atom. The third kappa shape index (κ3) is 4.62. The van der Waals surface area contributed by atoms with Gasteiger partial charge in [0.25, 0.3) is 0 Å². The predicted molar refractivity (Wildman–Crippen MR) is 77.5 cm³/mol. The summed E-state index contributed by atoms with van der Waals surface area (Å²) in [5, 5.41) is 5.88. The highest BCUT2D eigenvalue weighted by molar-refractivity contribution is 5.84. The van der Waals surface area contributed by atoms with Crippen LogP contribution in [0.5, 0.6) is 11.5 Å². The van der Waals surface area contributed by atoms with Crippen molar-refractivity contribution >= 4 is 11.6 Å². The summed E-state index contributed by atoms with van der Waals surface area (Å²) in [6, 6.07) is 5.05. The number of ether oxygens (including phenoxy) is 3. The van der Waals surface area contributed by atoms with Crippen LogP contribution in [-0.2, 0) is 9.53 Å². The molecule has 0 spiro atoms. The van der Waals surface area contributed by atoms with Gasteiger partial charge in [-0.15, -0.1) is 0 Å². The van der Waals surface area contributed by atoms with Gasteiger partial charge in [0, 0.05) is 25.4 Å². The van der Waals surface area contributed by atoms with Crippen LogP contribution >= 0.6 is 0 Å². The summed E-state index contributed by atoms with van der Waals surface area (Å²) in [5.74, 6) is 1.18. The average molecular weight is 282 g/mol. The quantitative estimate of drug-likeness (QED) is 0.703. The van der Waals surface area contributed by atoms with Crippen molar-refractivity contribution in [2.45, 2.75) is 13.0 Å². The van der Waals surface area contributed by atoms with E-state index >= 15 is 0 Å². The Kier molecular flexibility index (Phi) is 6.66. The molecule has 0 aromatic heterocycles. The number of rotatable bonds is 8. The maximum atomic E-state index is 11.8. The van der Waals surface area contributed by atoms with Crippen LogP contribution in [0.4, 0.5) is 5.69 Å². The van der Waals surface area contributed by atoms with Crippen LogP contribution in [0.1, 0.15) is 6.92 Å². The van der Waals surface area contributed by atoms with Crippen LogP contribution in [0.3, 0.4) is 0 Å². The number of nitrogens with one attached hydrogen (secondary N) is 2. The van der Waals surface area contributed by atoms with E-state index in [1.165, 1.54) is 0 Å². The van der Waals surface area contributed by atoms with Crippen LogP contribution in [-0.4, -0.2) is 46.4 Å². The van der Waals surface area contributed by atoms with Crippen LogP contribution in [0.2, 0.25) is 0 Å². The first-order valence-electron chi connectivity index (χ1n) is 6.37. The fourth-order valence-electron chi connectivity index (χ4n) is 1.67. The number of methoxy groups -OCH3 is 3. The second-order valence-corrected chi connectivity index (χ2v) is 4.22. The molecule has 0 fully saturated rings. The number of carbonyl (C=O) groups excluding carboxylic acids is 1. The van der Waals surface area contributed by atoms with Crippen molar-refractivity contribution in [1.29, 1.82) is 0 Å². The van der Waals surface area contributed by atoms with E-state index in [4.69, 9.17) is 14.2 Å². The molecule has 2 N–H and O–H groups in total. The summed E-state index contributed by atoms with van der Waals surface area (Å²) in [7, 11) is 4.75. The molecule has 0 bridgehead atoms. The molecule has 0 saturated carbocycles. The van der Waals surface area contributed by atoms with Gasteiger partial charge in [0.1, 0.15) is 6.04 Å². The fourth-order valence-corrected chi connectivity index (χ4v) is 1.67. The van der Waals surface area contributed by atoms with E-state index in [1.54, 1.807) is 40.4 Å². The number of hydrogen-bond acceptors (Lipinski definition) is 5. The number of benzene rings is 1. The van der Waals surface area contributed by atoms with Crippen molar-refractivity contribution in [3.63, 3.8) is 0 Å². The molecule has 1 aromatic carbocycles. The van der Waals surface area contributed by atoms with Crippen molar-refractivity contribution in [2.75, 3.05) is 39.8 Å². The monoisotopic (exact) mass is 282 g/mol. The van der Waals surface area contributed by atoms with Gasteiger partial charge in [-0.3, -0.25) is 4.79 Å². The highest BCUT2D eigenvalue weighted by atomic mass is 16.5. The zero-order chi connectivity index (χ0) is 15.0. The summed E-state index contributed by atoms with van der Waals surface area (Å²) in [6.45, 7) is 2.78. The molecule has 0 aliphatic rings. The molecule has 1 unspecified atom stereocenters. The first kappa shape index (κ1) is 16.1. The maximum absolute atomic E-state index is 11.8. The van der Waals surface area contributed by atoms with Crippen molar-refractivity contribution in [1.82, 2.24) is 5.32 Å². The minimum atomic E-state index is -0.357. The van der Waals surface area contributed by atoms with Crippen LogP contribution in [0.15, 0.2) is 18.2 Å². The zero-order valence-electron chi connectivity index (χ0n) is 12.4. The molecule has 6 nitrogen and oxygen atoms in total. The SMILES string of the molecule is COCCNC(=O)C(C)Nc1ccc(OC)c(OC)c1. The van der Waals surface area contributed by atoms with E-state index in [0.29, 0.717) is 24.7 Å². The lowest BCUT2D eigenvalue weighted by Gasteiger charge is -2.16. The minimum Gasteiger partial charge on any atom is -0.493 e. The normalized spacial score (nSPS) is 11.6. The standard InChI is InChI=1S/C14H22N2O4/c1-10(14(17)15-7-8-18-2)16-11-5-6-12(19-3)13(9-11)20-4/h5-6,9-10,16H,7-8H2,1-4H3,(H,15,17). The average Bonchev–Trinajstić information content (AvgIpc) is 2.47. The van der Waals surface area contributed by atoms with Gasteiger partial charge in [-0.05, 0) is 19.1 Å². The third-order valence-corrected chi connectivity index (χ3v) is 2.77. The molecule has 1 amide bonds. The molecule has 0 heterocycles. The van der Waals surface area contributed by atoms with Gasteiger partial charge in [0.15, 0.2) is 11.5 Å². The van der Waals surface area contributed by atoms with Gasteiger partial charge >= 0.3 is 0 Å². The van der Waals surface area contributed by atoms with Gasteiger partial charge in [0.2, 0.25) is 5.91 Å². The highest BCUT2D eigenvalue weighted by Gasteiger charge is 2.13. The molecule has 1 atom stereocenters. The van der Waals surface area contributed by atoms with Crippen LogP contribution in [0.25, 0.3) is 0 Å². The highest BCUT2D eigenvalue weighted by Crippen LogP contribution is 2.29. The van der Waals surface area contributed by atoms with Gasteiger partial charge in [0.05, 0.1) is 20.8 Å². The van der Waals surface area contributed by atoms with E-state index in [-0.39, 0.29) is 11.9 Å². The molecule has 0 saturated heterocycles. The van der Waals surface area contributed by atoms with E-state index < -0.39 is 0 Å². The molecular weight excluding hydrogens is 260 g/mol. The van der Waals surface area contributed by atoms with Crippen molar-refractivity contribution in [3.8, 4) is 11.5 Å². The topological polar surface area (TPSA) is 68.8 Å². The van der Waals surface area contributed by atoms with Gasteiger partial charge in [-0.25, -0.2) is 0 Å². The second-order valence-electron chi connectivity index (χ2n) is 4.22. The molecule has 0 aliphatic carbocycles. The lowest BCUT2D eigenvalue weighted by atomic mass is 10.2. The largest absolute Gasteiger partial charge is 0.493 e. The smallest absolute Gasteiger partial charge is 0.242 e. The number of hydrogen-bond donors (Lipinski definition) is 2. The molecular formula is C14H22N2O4. The molecule has 0 radical (unpaired) electrons. The zero-order valence-corrected chi connectivity index (χ0v) is 12.4. The first-order chi connectivity index (χ1) is 9.62. The molecule has 112 valence electrons. The second kappa shape index (κ2) is 8.27. The Morgan fingerprint density at radius 3 is 2.50 bits per heavy atom. The lowest BCUT2D eigenvalue weighted by Crippen LogP contribution is -2.39. The lowest BCUT2D eigenvalue weighted by molar-refractivity contribution is -0.121. The number of carbonyl (C=O) groups is 1. The molecule has 0 aliphatic heterocycles. The molecule has 1 rings (SSSR count). The Balaban J connectivity index is 2.61. The molecule has 1 aromatic rings. The van der Waals surface area contributed by atoms with Gasteiger partial charge < -0.3 is 24.8 Å². The predicted octanol–water partition coefficient (Wildman–Crippen LogP) is 1.27. The number of amides is 1. The first-order valence-corrected chi connectivity index (χ1v) is 6.37. The molecule has 20 heavy (non-hydrogen) atoms. The van der Waals surface area contributed by atoms with Crippen molar-refractivity contribution in [3.05, 3.63) is 18.2 Å². The minimum absolute atomic E-state index is 0.0863. The van der Waals surface area contributed by atoms with Crippen LogP contribution < -0.4 is 20.1 Å². The summed E-state index contributed by atoms with van der Waals surface area (Å²) >= 11 is 0. The fraction of sp³-hybridized carbons (Fsp3) is 0.500. The van der Waals surface area contributed by atoms with Gasteiger partial charge in [-0.2, -0.15) is 0 Å². The summed E-state index contributed by atoms with van der Waals surface area (Å²) in [6.07, 6.45) is 0. The van der Waals surface area contributed by atoms with Crippen LogP contribution in [0, 0.1) is 0 Å². The summed E-state index contributed by atoms with van der Waals surface area (Å²) in [5.41, 5.74) is 0.789. The third-order valence-electron chi connectivity index (χ3n) is 2.77. The molecule has 6 heteroatoms.